The van der Waals surface area contributed by atoms with Crippen LogP contribution in [-0.2, 0) is 4.43 Å². The van der Waals surface area contributed by atoms with Gasteiger partial charge in [-0.15, -0.1) is 0 Å². The van der Waals surface area contributed by atoms with E-state index in [2.05, 4.69) is 81.8 Å². The summed E-state index contributed by atoms with van der Waals surface area (Å²) in [5.41, 5.74) is 6.52. The highest BCUT2D eigenvalue weighted by molar-refractivity contribution is 6.70. The molecular weight excluding hydrogens is 394 g/mol. The van der Waals surface area contributed by atoms with Gasteiger partial charge in [0.2, 0.25) is 8.32 Å². The van der Waals surface area contributed by atoms with Gasteiger partial charge in [-0.3, -0.25) is 4.98 Å². The van der Waals surface area contributed by atoms with Gasteiger partial charge in [-0.05, 0) is 97.8 Å². The third-order valence-electron chi connectivity index (χ3n) is 8.54. The summed E-state index contributed by atoms with van der Waals surface area (Å²) in [6.07, 6.45) is 18.5. The van der Waals surface area contributed by atoms with E-state index in [1.807, 2.05) is 12.4 Å². The standard InChI is InChI=1S/C28H37NOSi/c1-19-16-22-24-10-9-23(20-8-7-15-29-18-20)27(24,2)14-12-25(22)28(3)13-11-21(17-26(19)28)30-31(4,5)6/h7-11,15,17-19,22,25H,12-14,16H2,1-6H3/t19?,22-,25-,27+,28+/m0/s1. The SMILES string of the molecule is CC1C[C@H]2C3=CC=C(c4cccnc4)[C@@]3(C)CC[C@@H]2[C@@]2(C)CC=C(O[Si](C)(C)C)C=C12. The van der Waals surface area contributed by atoms with Crippen molar-refractivity contribution < 1.29 is 4.43 Å². The fourth-order valence-corrected chi connectivity index (χ4v) is 8.02. The van der Waals surface area contributed by atoms with Crippen molar-refractivity contribution in [3.63, 3.8) is 0 Å². The maximum atomic E-state index is 6.40. The summed E-state index contributed by atoms with van der Waals surface area (Å²) in [4.78, 5) is 4.40. The molecule has 4 aliphatic rings. The largest absolute Gasteiger partial charge is 0.545 e. The predicted octanol–water partition coefficient (Wildman–Crippen LogP) is 7.55. The Labute approximate surface area is 189 Å². The average Bonchev–Trinajstić information content (AvgIpc) is 3.06. The third-order valence-corrected chi connectivity index (χ3v) is 9.39. The lowest BCUT2D eigenvalue weighted by atomic mass is 9.47. The fourth-order valence-electron chi connectivity index (χ4n) is 7.17. The first-order valence-corrected chi connectivity index (χ1v) is 15.5. The Morgan fingerprint density at radius 3 is 2.65 bits per heavy atom. The molecule has 3 heteroatoms. The average molecular weight is 432 g/mol. The van der Waals surface area contributed by atoms with Crippen LogP contribution in [0.1, 0.15) is 52.0 Å². The van der Waals surface area contributed by atoms with E-state index in [-0.39, 0.29) is 10.8 Å². The van der Waals surface area contributed by atoms with Crippen molar-refractivity contribution in [1.29, 1.82) is 0 Å². The Kier molecular flexibility index (Phi) is 4.79. The zero-order valence-corrected chi connectivity index (χ0v) is 21.0. The topological polar surface area (TPSA) is 22.1 Å². The molecule has 0 bridgehead atoms. The second kappa shape index (κ2) is 7.06. The Hall–Kier alpha value is -1.87. The number of allylic oxidation sites excluding steroid dienone is 7. The molecule has 2 nitrogen and oxygen atoms in total. The van der Waals surface area contributed by atoms with E-state index >= 15 is 0 Å². The molecule has 164 valence electrons. The molecule has 2 fully saturated rings. The van der Waals surface area contributed by atoms with Gasteiger partial charge < -0.3 is 4.43 Å². The van der Waals surface area contributed by atoms with Crippen LogP contribution in [0.2, 0.25) is 19.6 Å². The van der Waals surface area contributed by atoms with E-state index < -0.39 is 8.32 Å². The number of pyridine rings is 1. The quantitative estimate of drug-likeness (QED) is 0.461. The molecule has 0 amide bonds. The van der Waals surface area contributed by atoms with Crippen LogP contribution in [-0.4, -0.2) is 13.3 Å². The molecule has 1 unspecified atom stereocenters. The zero-order chi connectivity index (χ0) is 22.0. The van der Waals surface area contributed by atoms with Gasteiger partial charge >= 0.3 is 0 Å². The molecule has 2 saturated carbocycles. The highest BCUT2D eigenvalue weighted by Gasteiger charge is 2.55. The fraction of sp³-hybridized carbons (Fsp3) is 0.536. The van der Waals surface area contributed by atoms with E-state index in [1.165, 1.54) is 30.4 Å². The minimum Gasteiger partial charge on any atom is -0.545 e. The molecule has 4 aliphatic carbocycles. The third kappa shape index (κ3) is 3.31. The molecule has 0 aliphatic heterocycles. The number of hydrogen-bond acceptors (Lipinski definition) is 2. The van der Waals surface area contributed by atoms with Crippen molar-refractivity contribution in [3.8, 4) is 0 Å². The first-order valence-electron chi connectivity index (χ1n) is 12.1. The van der Waals surface area contributed by atoms with Gasteiger partial charge in [-0.2, -0.15) is 0 Å². The highest BCUT2D eigenvalue weighted by atomic mass is 28.4. The maximum absolute atomic E-state index is 6.40. The van der Waals surface area contributed by atoms with Gasteiger partial charge in [0.1, 0.15) is 0 Å². The van der Waals surface area contributed by atoms with Crippen molar-refractivity contribution in [3.05, 3.63) is 71.3 Å². The second-order valence-corrected chi connectivity index (χ2v) is 16.1. The van der Waals surface area contributed by atoms with E-state index in [1.54, 1.807) is 11.1 Å². The Balaban J connectivity index is 1.45. The summed E-state index contributed by atoms with van der Waals surface area (Å²) in [5, 5.41) is 0. The monoisotopic (exact) mass is 431 g/mol. The first-order chi connectivity index (χ1) is 14.6. The van der Waals surface area contributed by atoms with Crippen LogP contribution in [0.3, 0.4) is 0 Å². The van der Waals surface area contributed by atoms with Crippen LogP contribution in [0.4, 0.5) is 0 Å². The lowest BCUT2D eigenvalue weighted by Gasteiger charge is -2.57. The van der Waals surface area contributed by atoms with Gasteiger partial charge in [0, 0.05) is 17.8 Å². The molecule has 1 aromatic rings. The van der Waals surface area contributed by atoms with Crippen LogP contribution in [0, 0.1) is 28.6 Å². The summed E-state index contributed by atoms with van der Waals surface area (Å²) in [6.45, 7) is 14.3. The molecule has 31 heavy (non-hydrogen) atoms. The molecule has 0 N–H and O–H groups in total. The maximum Gasteiger partial charge on any atom is 0.242 e. The van der Waals surface area contributed by atoms with Crippen molar-refractivity contribution in [2.75, 3.05) is 0 Å². The van der Waals surface area contributed by atoms with Crippen LogP contribution < -0.4 is 0 Å². The van der Waals surface area contributed by atoms with Gasteiger partial charge in [0.15, 0.2) is 0 Å². The van der Waals surface area contributed by atoms with E-state index in [0.29, 0.717) is 11.8 Å². The molecule has 0 radical (unpaired) electrons. The van der Waals surface area contributed by atoms with Crippen molar-refractivity contribution in [1.82, 2.24) is 4.98 Å². The molecule has 0 spiro atoms. The smallest absolute Gasteiger partial charge is 0.242 e. The number of rotatable bonds is 3. The molecule has 5 atom stereocenters. The predicted molar refractivity (Wildman–Crippen MR) is 132 cm³/mol. The molecular formula is C28H37NOSi. The molecule has 1 aromatic heterocycles. The van der Waals surface area contributed by atoms with Gasteiger partial charge in [-0.1, -0.05) is 50.1 Å². The van der Waals surface area contributed by atoms with E-state index in [4.69, 9.17) is 4.43 Å². The number of fused-ring (bicyclic) bond motifs is 5. The van der Waals surface area contributed by atoms with Crippen LogP contribution in [0.15, 0.2) is 65.7 Å². The summed E-state index contributed by atoms with van der Waals surface area (Å²) >= 11 is 0. The summed E-state index contributed by atoms with van der Waals surface area (Å²) in [7, 11) is -1.58. The number of hydrogen-bond donors (Lipinski definition) is 0. The van der Waals surface area contributed by atoms with Crippen molar-refractivity contribution in [2.24, 2.45) is 28.6 Å². The second-order valence-electron chi connectivity index (χ2n) is 11.7. The Bertz CT molecular complexity index is 1010. The van der Waals surface area contributed by atoms with Crippen LogP contribution in [0.5, 0.6) is 0 Å². The first kappa shape index (κ1) is 21.0. The normalized spacial score (nSPS) is 36.9. The van der Waals surface area contributed by atoms with Crippen LogP contribution >= 0.6 is 0 Å². The van der Waals surface area contributed by atoms with Gasteiger partial charge in [-0.25, -0.2) is 0 Å². The van der Waals surface area contributed by atoms with E-state index in [0.717, 1.165) is 18.1 Å². The summed E-state index contributed by atoms with van der Waals surface area (Å²) in [5.74, 6) is 3.14. The van der Waals surface area contributed by atoms with Crippen LogP contribution in [0.25, 0.3) is 5.57 Å². The molecule has 1 heterocycles. The number of nitrogens with zero attached hydrogens (tertiary/aromatic N) is 1. The Morgan fingerprint density at radius 1 is 1.13 bits per heavy atom. The van der Waals surface area contributed by atoms with E-state index in [9.17, 15) is 0 Å². The molecule has 0 saturated heterocycles. The molecule has 5 rings (SSSR count). The minimum absolute atomic E-state index is 0.165. The van der Waals surface area contributed by atoms with Gasteiger partial charge in [0.05, 0.1) is 5.76 Å². The zero-order valence-electron chi connectivity index (χ0n) is 20.0. The molecule has 0 aromatic carbocycles. The van der Waals surface area contributed by atoms with Crippen molar-refractivity contribution >= 4 is 13.9 Å². The van der Waals surface area contributed by atoms with Gasteiger partial charge in [0.25, 0.3) is 0 Å². The lowest BCUT2D eigenvalue weighted by molar-refractivity contribution is 0.0592. The summed E-state index contributed by atoms with van der Waals surface area (Å²) < 4.78 is 6.40. The minimum atomic E-state index is -1.58. The lowest BCUT2D eigenvalue weighted by Crippen LogP contribution is -2.48. The summed E-state index contributed by atoms with van der Waals surface area (Å²) in [6, 6.07) is 4.29. The van der Waals surface area contributed by atoms with Crippen molar-refractivity contribution in [2.45, 2.75) is 66.1 Å². The number of aromatic nitrogens is 1. The Morgan fingerprint density at radius 2 is 1.94 bits per heavy atom. The highest BCUT2D eigenvalue weighted by Crippen LogP contribution is 2.66.